The Kier molecular flexibility index (Phi) is 5.18. The summed E-state index contributed by atoms with van der Waals surface area (Å²) in [5, 5.41) is 0. The highest BCUT2D eigenvalue weighted by Gasteiger charge is 2.29. The van der Waals surface area contributed by atoms with Gasteiger partial charge in [-0.15, -0.1) is 0 Å². The minimum Gasteiger partial charge on any atom is -0.371 e. The number of morpholine rings is 1. The van der Waals surface area contributed by atoms with Gasteiger partial charge in [-0.1, -0.05) is 38.1 Å². The van der Waals surface area contributed by atoms with Gasteiger partial charge in [0.25, 0.3) is 0 Å². The van der Waals surface area contributed by atoms with Crippen LogP contribution < -0.4 is 0 Å². The van der Waals surface area contributed by atoms with E-state index in [2.05, 4.69) is 19.1 Å². The first kappa shape index (κ1) is 15.5. The summed E-state index contributed by atoms with van der Waals surface area (Å²) in [6, 6.07) is 8.25. The summed E-state index contributed by atoms with van der Waals surface area (Å²) in [7, 11) is -3.13. The molecule has 1 aliphatic rings. The van der Waals surface area contributed by atoms with Crippen molar-refractivity contribution in [1.82, 2.24) is 4.31 Å². The van der Waals surface area contributed by atoms with Crippen LogP contribution in [0.2, 0.25) is 0 Å². The molecule has 0 saturated carbocycles. The molecule has 4 nitrogen and oxygen atoms in total. The Morgan fingerprint density at radius 1 is 1.25 bits per heavy atom. The molecule has 0 N–H and O–H groups in total. The molecule has 1 fully saturated rings. The number of aryl methyl sites for hydroxylation is 1. The number of nitrogens with zero attached hydrogens (tertiary/aromatic N) is 1. The predicted octanol–water partition coefficient (Wildman–Crippen LogP) is 2.36. The standard InChI is InChI=1S/C15H23NO3S/c1-3-11-20(17,18)16-9-10-19-15(12-16)14-7-5-13(4-2)6-8-14/h5-8,15H,3-4,9-12H2,1-2H3. The van der Waals surface area contributed by atoms with E-state index in [0.717, 1.165) is 12.0 Å². The SMILES string of the molecule is CCCS(=O)(=O)N1CCOC(c2ccc(CC)cc2)C1. The third-order valence-corrected chi connectivity index (χ3v) is 5.69. The Bertz CT molecular complexity index is 525. The van der Waals surface area contributed by atoms with Crippen LogP contribution in [0.1, 0.15) is 37.5 Å². The van der Waals surface area contributed by atoms with Crippen molar-refractivity contribution in [2.24, 2.45) is 0 Å². The molecule has 0 aromatic heterocycles. The molecule has 1 saturated heterocycles. The van der Waals surface area contributed by atoms with E-state index < -0.39 is 10.0 Å². The summed E-state index contributed by atoms with van der Waals surface area (Å²) in [6.07, 6.45) is 1.50. The normalized spacial score (nSPS) is 21.0. The second-order valence-corrected chi connectivity index (χ2v) is 7.22. The number of sulfonamides is 1. The third-order valence-electron chi connectivity index (χ3n) is 3.64. The number of rotatable bonds is 5. The molecule has 0 bridgehead atoms. The summed E-state index contributed by atoms with van der Waals surface area (Å²) < 4.78 is 31.6. The molecular formula is C15H23NO3S. The maximum Gasteiger partial charge on any atom is 0.214 e. The highest BCUT2D eigenvalue weighted by molar-refractivity contribution is 7.89. The number of hydrogen-bond acceptors (Lipinski definition) is 3. The molecule has 0 spiro atoms. The zero-order valence-electron chi connectivity index (χ0n) is 12.2. The fourth-order valence-corrected chi connectivity index (χ4v) is 3.92. The average Bonchev–Trinajstić information content (AvgIpc) is 2.47. The monoisotopic (exact) mass is 297 g/mol. The van der Waals surface area contributed by atoms with Gasteiger partial charge in [0, 0.05) is 13.1 Å². The van der Waals surface area contributed by atoms with Gasteiger partial charge in [-0.25, -0.2) is 8.42 Å². The molecule has 1 aromatic carbocycles. The topological polar surface area (TPSA) is 46.6 Å². The lowest BCUT2D eigenvalue weighted by atomic mass is 10.1. The lowest BCUT2D eigenvalue weighted by Gasteiger charge is -2.32. The van der Waals surface area contributed by atoms with Crippen LogP contribution in [-0.4, -0.2) is 38.2 Å². The summed E-state index contributed by atoms with van der Waals surface area (Å²) in [5.74, 6) is 0.217. The molecule has 1 aliphatic heterocycles. The zero-order valence-corrected chi connectivity index (χ0v) is 13.0. The maximum absolute atomic E-state index is 12.1. The Morgan fingerprint density at radius 3 is 2.55 bits per heavy atom. The highest BCUT2D eigenvalue weighted by Crippen LogP contribution is 2.24. The molecule has 20 heavy (non-hydrogen) atoms. The second-order valence-electron chi connectivity index (χ2n) is 5.13. The quantitative estimate of drug-likeness (QED) is 0.838. The van der Waals surface area contributed by atoms with Gasteiger partial charge in [0.15, 0.2) is 0 Å². The smallest absolute Gasteiger partial charge is 0.214 e. The maximum atomic E-state index is 12.1. The van der Waals surface area contributed by atoms with Crippen molar-refractivity contribution in [3.63, 3.8) is 0 Å². The molecule has 5 heteroatoms. The van der Waals surface area contributed by atoms with Crippen LogP contribution >= 0.6 is 0 Å². The minimum atomic E-state index is -3.13. The second kappa shape index (κ2) is 6.70. The largest absolute Gasteiger partial charge is 0.371 e. The van der Waals surface area contributed by atoms with Crippen molar-refractivity contribution in [1.29, 1.82) is 0 Å². The van der Waals surface area contributed by atoms with Gasteiger partial charge in [0.05, 0.1) is 18.5 Å². The Morgan fingerprint density at radius 2 is 1.95 bits per heavy atom. The fraction of sp³-hybridized carbons (Fsp3) is 0.600. The first-order chi connectivity index (χ1) is 9.56. The molecule has 112 valence electrons. The Balaban J connectivity index is 2.10. The van der Waals surface area contributed by atoms with Crippen LogP contribution in [0.3, 0.4) is 0 Å². The van der Waals surface area contributed by atoms with Crippen LogP contribution in [0.25, 0.3) is 0 Å². The summed E-state index contributed by atoms with van der Waals surface area (Å²) in [5.41, 5.74) is 2.33. The van der Waals surface area contributed by atoms with E-state index in [1.807, 2.05) is 19.1 Å². The van der Waals surface area contributed by atoms with Gasteiger partial charge < -0.3 is 4.74 Å². The van der Waals surface area contributed by atoms with E-state index in [0.29, 0.717) is 26.1 Å². The Hall–Kier alpha value is -0.910. The van der Waals surface area contributed by atoms with Crippen molar-refractivity contribution in [2.75, 3.05) is 25.4 Å². The molecule has 2 rings (SSSR count). The van der Waals surface area contributed by atoms with E-state index in [1.54, 1.807) is 4.31 Å². The first-order valence-electron chi connectivity index (χ1n) is 7.25. The van der Waals surface area contributed by atoms with Gasteiger partial charge in [0.1, 0.15) is 0 Å². The van der Waals surface area contributed by atoms with Gasteiger partial charge in [-0.05, 0) is 24.0 Å². The lowest BCUT2D eigenvalue weighted by Crippen LogP contribution is -2.43. The molecule has 0 radical (unpaired) electrons. The molecular weight excluding hydrogens is 274 g/mol. The summed E-state index contributed by atoms with van der Waals surface area (Å²) >= 11 is 0. The predicted molar refractivity (Wildman–Crippen MR) is 80.2 cm³/mol. The number of benzene rings is 1. The van der Waals surface area contributed by atoms with Crippen LogP contribution in [0.5, 0.6) is 0 Å². The lowest BCUT2D eigenvalue weighted by molar-refractivity contribution is -0.00254. The Labute approximate surface area is 121 Å². The van der Waals surface area contributed by atoms with Gasteiger partial charge >= 0.3 is 0 Å². The first-order valence-corrected chi connectivity index (χ1v) is 8.86. The van der Waals surface area contributed by atoms with E-state index in [4.69, 9.17) is 4.74 Å². The van der Waals surface area contributed by atoms with E-state index in [-0.39, 0.29) is 11.9 Å². The molecule has 1 aromatic rings. The number of hydrogen-bond donors (Lipinski definition) is 0. The highest BCUT2D eigenvalue weighted by atomic mass is 32.2. The van der Waals surface area contributed by atoms with Crippen LogP contribution in [-0.2, 0) is 21.2 Å². The summed E-state index contributed by atoms with van der Waals surface area (Å²) in [4.78, 5) is 0. The van der Waals surface area contributed by atoms with Crippen LogP contribution in [0, 0.1) is 0 Å². The number of ether oxygens (including phenoxy) is 1. The molecule has 0 aliphatic carbocycles. The van der Waals surface area contributed by atoms with Gasteiger partial charge in [-0.3, -0.25) is 0 Å². The van der Waals surface area contributed by atoms with Crippen molar-refractivity contribution in [2.45, 2.75) is 32.8 Å². The summed E-state index contributed by atoms with van der Waals surface area (Å²) in [6.45, 7) is 5.35. The molecule has 1 unspecified atom stereocenters. The van der Waals surface area contributed by atoms with Crippen molar-refractivity contribution in [3.8, 4) is 0 Å². The van der Waals surface area contributed by atoms with Gasteiger partial charge in [0.2, 0.25) is 10.0 Å². The van der Waals surface area contributed by atoms with Crippen molar-refractivity contribution < 1.29 is 13.2 Å². The third kappa shape index (κ3) is 3.59. The van der Waals surface area contributed by atoms with E-state index in [9.17, 15) is 8.42 Å². The van der Waals surface area contributed by atoms with E-state index in [1.165, 1.54) is 5.56 Å². The van der Waals surface area contributed by atoms with Gasteiger partial charge in [-0.2, -0.15) is 4.31 Å². The minimum absolute atomic E-state index is 0.152. The molecule has 1 heterocycles. The fourth-order valence-electron chi connectivity index (χ4n) is 2.44. The zero-order chi connectivity index (χ0) is 14.6. The van der Waals surface area contributed by atoms with Crippen LogP contribution in [0.4, 0.5) is 0 Å². The molecule has 1 atom stereocenters. The van der Waals surface area contributed by atoms with Crippen LogP contribution in [0.15, 0.2) is 24.3 Å². The van der Waals surface area contributed by atoms with E-state index >= 15 is 0 Å². The molecule has 0 amide bonds. The van der Waals surface area contributed by atoms with Crippen molar-refractivity contribution >= 4 is 10.0 Å². The van der Waals surface area contributed by atoms with Crippen molar-refractivity contribution in [3.05, 3.63) is 35.4 Å². The average molecular weight is 297 g/mol.